The molecule has 0 unspecified atom stereocenters. The van der Waals surface area contributed by atoms with E-state index in [0.29, 0.717) is 0 Å². The lowest BCUT2D eigenvalue weighted by Crippen LogP contribution is -1.67. The molecule has 0 atom stereocenters. The zero-order chi connectivity index (χ0) is 6.69. The van der Waals surface area contributed by atoms with E-state index < -0.39 is 0 Å². The predicted molar refractivity (Wildman–Crippen MR) is 49.9 cm³/mol. The summed E-state index contributed by atoms with van der Waals surface area (Å²) in [7, 11) is 1.18. The van der Waals surface area contributed by atoms with E-state index >= 15 is 0 Å². The third kappa shape index (κ3) is 2.16. The second-order valence-electron chi connectivity index (χ2n) is 1.66. The third-order valence-electron chi connectivity index (χ3n) is 1.05. The summed E-state index contributed by atoms with van der Waals surface area (Å²) in [6.45, 7) is 0. The molecule has 0 nitrogen and oxygen atoms in total. The van der Waals surface area contributed by atoms with E-state index in [1.807, 2.05) is 11.2 Å². The maximum absolute atomic E-state index is 3.38. The molecule has 0 N–H and O–H groups in total. The summed E-state index contributed by atoms with van der Waals surface area (Å²) < 4.78 is 1.15. The Bertz CT molecular complexity index is 185. The number of hydrogen-bond acceptors (Lipinski definition) is 1. The van der Waals surface area contributed by atoms with Crippen LogP contribution in [0.3, 0.4) is 0 Å². The van der Waals surface area contributed by atoms with Gasteiger partial charge < -0.3 is 0 Å². The van der Waals surface area contributed by atoms with E-state index in [1.165, 1.54) is 14.3 Å². The first-order valence-corrected chi connectivity index (χ1v) is 7.09. The highest BCUT2D eigenvalue weighted by atomic mass is 79.9. The number of hydrogen-bond donors (Lipinski definition) is 0. The van der Waals surface area contributed by atoms with Crippen molar-refractivity contribution in [3.05, 3.63) is 28.7 Å². The van der Waals surface area contributed by atoms with Crippen molar-refractivity contribution >= 4 is 36.5 Å². The Morgan fingerprint density at radius 2 is 1.78 bits per heavy atom. The van der Waals surface area contributed by atoms with Gasteiger partial charge in [0.15, 0.2) is 0 Å². The van der Waals surface area contributed by atoms with Crippen LogP contribution < -0.4 is 0 Å². The average Bonchev–Trinajstić information content (AvgIpc) is 1.90. The molecule has 0 saturated carbocycles. The topological polar surface area (TPSA) is 0 Å². The molecule has 48 valence electrons. The van der Waals surface area contributed by atoms with Crippen LogP contribution in [0.15, 0.2) is 33.6 Å². The van der Waals surface area contributed by atoms with Crippen molar-refractivity contribution in [1.29, 1.82) is 0 Å². The molecule has 1 aromatic rings. The van der Waals surface area contributed by atoms with Crippen LogP contribution in [-0.4, -0.2) is 9.39 Å². The van der Waals surface area contributed by atoms with Gasteiger partial charge in [-0.15, -0.1) is 0 Å². The summed E-state index contributed by atoms with van der Waals surface area (Å²) >= 11 is 5.27. The quantitative estimate of drug-likeness (QED) is 0.649. The van der Waals surface area contributed by atoms with Gasteiger partial charge in [-0.1, -0.05) is 15.9 Å². The number of benzene rings is 1. The molecule has 0 saturated heterocycles. The van der Waals surface area contributed by atoms with Crippen LogP contribution in [-0.2, 0) is 0 Å². The van der Waals surface area contributed by atoms with E-state index in [1.54, 1.807) is 0 Å². The van der Waals surface area contributed by atoms with Crippen molar-refractivity contribution in [2.45, 2.75) is 4.90 Å². The Morgan fingerprint density at radius 1 is 1.22 bits per heavy atom. The molecule has 0 aromatic heterocycles. The van der Waals surface area contributed by atoms with Crippen molar-refractivity contribution in [3.63, 3.8) is 0 Å². The molecule has 0 heterocycles. The molecule has 0 fully saturated rings. The van der Waals surface area contributed by atoms with Crippen LogP contribution >= 0.6 is 27.1 Å². The summed E-state index contributed by atoms with van der Waals surface area (Å²) in [6.07, 6.45) is 0. The largest absolute Gasteiger partial charge is 0.164 e. The smallest absolute Gasteiger partial charge is 0.0758 e. The fraction of sp³-hybridized carbons (Fsp3) is 0. The third-order valence-corrected chi connectivity index (χ3v) is 3.74. The fourth-order valence-electron chi connectivity index (χ4n) is 0.571. The lowest BCUT2D eigenvalue weighted by Gasteiger charge is -1.93. The molecule has 0 aliphatic carbocycles. The van der Waals surface area contributed by atoms with Crippen molar-refractivity contribution in [2.75, 3.05) is 0 Å². The van der Waals surface area contributed by atoms with Gasteiger partial charge in [-0.3, -0.25) is 0 Å². The van der Waals surface area contributed by atoms with E-state index in [2.05, 4.69) is 40.2 Å². The van der Waals surface area contributed by atoms with Gasteiger partial charge in [0.25, 0.3) is 0 Å². The highest BCUT2D eigenvalue weighted by Crippen LogP contribution is 2.16. The Kier molecular flexibility index (Phi) is 2.82. The first-order valence-electron chi connectivity index (χ1n) is 2.62. The van der Waals surface area contributed by atoms with Gasteiger partial charge in [0.2, 0.25) is 0 Å². The zero-order valence-electron chi connectivity index (χ0n) is 5.10. The van der Waals surface area contributed by atoms with Crippen LogP contribution in [0.2, 0.25) is 0 Å². The van der Waals surface area contributed by atoms with Crippen molar-refractivity contribution in [1.82, 2.24) is 0 Å². The van der Waals surface area contributed by atoms with Gasteiger partial charge in [0.1, 0.15) is 0 Å². The van der Waals surface area contributed by atoms with Crippen molar-refractivity contribution in [2.24, 2.45) is 0 Å². The normalized spacial score (nSPS) is 9.89. The molecular weight excluding hydrogens is 212 g/mol. The molecule has 0 spiro atoms. The van der Waals surface area contributed by atoms with E-state index in [4.69, 9.17) is 0 Å². The highest BCUT2D eigenvalue weighted by molar-refractivity contribution is 9.10. The minimum Gasteiger partial charge on any atom is -0.164 e. The van der Waals surface area contributed by atoms with E-state index in [0.717, 1.165) is 4.47 Å². The van der Waals surface area contributed by atoms with Gasteiger partial charge in [0.05, 0.1) is 9.39 Å². The lowest BCUT2D eigenvalue weighted by atomic mass is 10.4. The van der Waals surface area contributed by atoms with Gasteiger partial charge in [-0.05, 0) is 24.3 Å². The summed E-state index contributed by atoms with van der Waals surface area (Å²) in [4.78, 5) is 1.37. The summed E-state index contributed by atoms with van der Waals surface area (Å²) in [5.74, 6) is 0. The first-order chi connectivity index (χ1) is 4.33. The molecule has 0 aliphatic heterocycles. The van der Waals surface area contributed by atoms with Gasteiger partial charge >= 0.3 is 0 Å². The summed E-state index contributed by atoms with van der Waals surface area (Å²) in [5, 5.41) is 0. The van der Waals surface area contributed by atoms with Crippen LogP contribution in [0.25, 0.3) is 0 Å². The Labute approximate surface area is 70.2 Å². The summed E-state index contributed by atoms with van der Waals surface area (Å²) in [6, 6.07) is 8.39. The van der Waals surface area contributed by atoms with Crippen LogP contribution in [0, 0.1) is 0 Å². The number of rotatable bonds is 1. The predicted octanol–water partition coefficient (Wildman–Crippen LogP) is 1.82. The minimum atomic E-state index is 1.15. The standard InChI is InChI=1S/C6H7BrSSi/c7-5-1-3-6(8-9)4-2-5/h1-4H,9H3. The van der Waals surface area contributed by atoms with Crippen LogP contribution in [0.5, 0.6) is 0 Å². The molecule has 0 aliphatic rings. The van der Waals surface area contributed by atoms with Crippen molar-refractivity contribution in [3.8, 4) is 0 Å². The molecule has 0 amide bonds. The SMILES string of the molecule is [SiH3]Sc1ccc(Br)cc1. The number of halogens is 1. The lowest BCUT2D eigenvalue weighted by molar-refractivity contribution is 1.45. The maximum Gasteiger partial charge on any atom is 0.0758 e. The minimum absolute atomic E-state index is 1.15. The van der Waals surface area contributed by atoms with E-state index in [9.17, 15) is 0 Å². The maximum atomic E-state index is 3.38. The Balaban J connectivity index is 2.88. The molecule has 3 heteroatoms. The monoisotopic (exact) mass is 218 g/mol. The van der Waals surface area contributed by atoms with Crippen molar-refractivity contribution < 1.29 is 0 Å². The second-order valence-corrected chi connectivity index (χ2v) is 4.68. The molecule has 1 rings (SSSR count). The zero-order valence-corrected chi connectivity index (χ0v) is 9.50. The molecule has 0 radical (unpaired) electrons. The molecular formula is C6H7BrSSi. The first kappa shape index (κ1) is 7.37. The van der Waals surface area contributed by atoms with E-state index in [-0.39, 0.29) is 0 Å². The average molecular weight is 219 g/mol. The van der Waals surface area contributed by atoms with Gasteiger partial charge in [-0.2, -0.15) is 11.2 Å². The highest BCUT2D eigenvalue weighted by Gasteiger charge is 1.86. The fourth-order valence-corrected chi connectivity index (χ4v) is 2.06. The molecule has 9 heavy (non-hydrogen) atoms. The van der Waals surface area contributed by atoms with Crippen LogP contribution in [0.4, 0.5) is 0 Å². The Morgan fingerprint density at radius 3 is 2.22 bits per heavy atom. The summed E-state index contributed by atoms with van der Waals surface area (Å²) in [5.41, 5.74) is 0. The van der Waals surface area contributed by atoms with Gasteiger partial charge in [-0.25, -0.2) is 0 Å². The molecule has 0 bridgehead atoms. The van der Waals surface area contributed by atoms with Gasteiger partial charge in [0, 0.05) is 9.37 Å². The van der Waals surface area contributed by atoms with Crippen LogP contribution in [0.1, 0.15) is 0 Å². The Hall–Kier alpha value is 0.267. The molecule has 1 aromatic carbocycles. The second kappa shape index (κ2) is 3.44.